The molecule has 1 aromatic rings. The lowest BCUT2D eigenvalue weighted by Crippen LogP contribution is -2.57. The van der Waals surface area contributed by atoms with E-state index >= 15 is 0 Å². The van der Waals surface area contributed by atoms with Gasteiger partial charge in [-0.1, -0.05) is 57.5 Å². The highest BCUT2D eigenvalue weighted by molar-refractivity contribution is 5.87. The van der Waals surface area contributed by atoms with E-state index in [4.69, 9.17) is 10.5 Å². The molecule has 0 spiro atoms. The summed E-state index contributed by atoms with van der Waals surface area (Å²) >= 11 is 0. The minimum absolute atomic E-state index is 0. The van der Waals surface area contributed by atoms with Crippen molar-refractivity contribution in [3.8, 4) is 0 Å². The third-order valence-corrected chi connectivity index (χ3v) is 5.76. The number of hydrogen-bond acceptors (Lipinski definition) is 5. The van der Waals surface area contributed by atoms with E-state index in [2.05, 4.69) is 12.2 Å². The predicted octanol–water partition coefficient (Wildman–Crippen LogP) is 2.63. The summed E-state index contributed by atoms with van der Waals surface area (Å²) in [5.74, 6) is -1.08. The number of amides is 1. The molecule has 0 bridgehead atoms. The molecule has 4 N–H and O–H groups in total. The Hall–Kier alpha value is -1.63. The summed E-state index contributed by atoms with van der Waals surface area (Å²) in [5, 5.41) is 14.1. The molecule has 1 saturated carbocycles. The third kappa shape index (κ3) is 6.43. The van der Waals surface area contributed by atoms with E-state index in [1.165, 1.54) is 0 Å². The predicted molar refractivity (Wildman–Crippen MR) is 116 cm³/mol. The van der Waals surface area contributed by atoms with Gasteiger partial charge in [0.2, 0.25) is 0 Å². The van der Waals surface area contributed by atoms with Crippen molar-refractivity contribution >= 4 is 24.3 Å². The first kappa shape index (κ1) is 25.4. The van der Waals surface area contributed by atoms with Gasteiger partial charge in [-0.25, -0.2) is 0 Å². The lowest BCUT2D eigenvalue weighted by atomic mass is 9.66. The Morgan fingerprint density at radius 1 is 1.28 bits per heavy atom. The van der Waals surface area contributed by atoms with Crippen LogP contribution in [-0.2, 0) is 14.3 Å². The largest absolute Gasteiger partial charge is 0.464 e. The molecule has 0 aromatic heterocycles. The molecular formula is C22H35ClN2O4. The molecule has 0 saturated heterocycles. The number of aliphatic hydroxyl groups is 1. The number of hydrogen-bond donors (Lipinski definition) is 3. The third-order valence-electron chi connectivity index (χ3n) is 5.76. The Kier molecular flexibility index (Phi) is 10.1. The van der Waals surface area contributed by atoms with Crippen molar-refractivity contribution in [2.24, 2.45) is 23.5 Å². The van der Waals surface area contributed by atoms with E-state index in [1.54, 1.807) is 0 Å². The first-order valence-corrected chi connectivity index (χ1v) is 10.2. The fraction of sp³-hybridized carbons (Fsp3) is 0.636. The quantitative estimate of drug-likeness (QED) is 0.554. The second kappa shape index (κ2) is 11.5. The topological polar surface area (TPSA) is 102 Å². The minimum Gasteiger partial charge on any atom is -0.464 e. The van der Waals surface area contributed by atoms with Crippen molar-refractivity contribution in [3.05, 3.63) is 35.9 Å². The van der Waals surface area contributed by atoms with Crippen LogP contribution in [-0.4, -0.2) is 42.3 Å². The molecule has 6 nitrogen and oxygen atoms in total. The zero-order valence-electron chi connectivity index (χ0n) is 17.6. The van der Waals surface area contributed by atoms with E-state index in [9.17, 15) is 14.7 Å². The van der Waals surface area contributed by atoms with Gasteiger partial charge in [-0.05, 0) is 36.2 Å². The van der Waals surface area contributed by atoms with E-state index < -0.39 is 23.4 Å². The highest BCUT2D eigenvalue weighted by Crippen LogP contribution is 2.41. The molecule has 1 aliphatic rings. The average molecular weight is 427 g/mol. The van der Waals surface area contributed by atoms with Crippen molar-refractivity contribution in [2.75, 3.05) is 19.7 Å². The Balaban J connectivity index is 0.00000420. The second-order valence-electron chi connectivity index (χ2n) is 8.29. The molecule has 0 aliphatic heterocycles. The lowest BCUT2D eigenvalue weighted by Gasteiger charge is -2.43. The molecule has 1 fully saturated rings. The van der Waals surface area contributed by atoms with E-state index in [1.807, 2.05) is 44.2 Å². The van der Waals surface area contributed by atoms with Gasteiger partial charge in [0.25, 0.3) is 5.91 Å². The fourth-order valence-electron chi connectivity index (χ4n) is 4.26. The van der Waals surface area contributed by atoms with Crippen LogP contribution in [0.5, 0.6) is 0 Å². The number of ether oxygens (including phenoxy) is 1. The van der Waals surface area contributed by atoms with Gasteiger partial charge in [-0.2, -0.15) is 0 Å². The van der Waals surface area contributed by atoms with Crippen LogP contribution in [0.25, 0.3) is 0 Å². The first-order valence-electron chi connectivity index (χ1n) is 10.2. The molecule has 1 unspecified atom stereocenters. The van der Waals surface area contributed by atoms with Crippen molar-refractivity contribution in [2.45, 2.75) is 51.6 Å². The molecule has 0 radical (unpaired) electrons. The molecule has 1 amide bonds. The molecule has 0 heterocycles. The van der Waals surface area contributed by atoms with Gasteiger partial charge in [-0.3, -0.25) is 9.59 Å². The number of carbonyl (C=O) groups excluding carboxylic acids is 2. The summed E-state index contributed by atoms with van der Waals surface area (Å²) in [6.45, 7) is 6.59. The van der Waals surface area contributed by atoms with Gasteiger partial charge in [0.15, 0.2) is 0 Å². The smallest absolute Gasteiger partial charge is 0.315 e. The van der Waals surface area contributed by atoms with Gasteiger partial charge in [0.05, 0.1) is 5.92 Å². The molecule has 2 rings (SSSR count). The van der Waals surface area contributed by atoms with Gasteiger partial charge in [0, 0.05) is 13.1 Å². The molecule has 1 aromatic carbocycles. The van der Waals surface area contributed by atoms with Gasteiger partial charge < -0.3 is 20.9 Å². The van der Waals surface area contributed by atoms with Crippen LogP contribution in [0, 0.1) is 17.8 Å². The number of nitrogens with two attached hydrogens (primary N) is 1. The summed E-state index contributed by atoms with van der Waals surface area (Å²) in [6.07, 6.45) is 2.27. The zero-order chi connectivity index (χ0) is 20.7. The number of rotatable bonds is 8. The van der Waals surface area contributed by atoms with Crippen molar-refractivity contribution in [1.82, 2.24) is 5.32 Å². The molecule has 29 heavy (non-hydrogen) atoms. The highest BCUT2D eigenvalue weighted by Gasteiger charge is 2.48. The summed E-state index contributed by atoms with van der Waals surface area (Å²) in [7, 11) is 0. The molecule has 4 atom stereocenters. The number of nitrogens with one attached hydrogen (secondary N) is 1. The van der Waals surface area contributed by atoms with E-state index in [-0.39, 0.29) is 49.9 Å². The zero-order valence-corrected chi connectivity index (χ0v) is 18.4. The van der Waals surface area contributed by atoms with Gasteiger partial charge in [0.1, 0.15) is 12.2 Å². The van der Waals surface area contributed by atoms with Crippen LogP contribution < -0.4 is 11.1 Å². The first-order chi connectivity index (χ1) is 13.3. The van der Waals surface area contributed by atoms with Crippen molar-refractivity contribution < 1.29 is 19.4 Å². The molecular weight excluding hydrogens is 392 g/mol. The average Bonchev–Trinajstić information content (AvgIpc) is 2.66. The van der Waals surface area contributed by atoms with Crippen LogP contribution in [0.1, 0.15) is 51.5 Å². The fourth-order valence-corrected chi connectivity index (χ4v) is 4.26. The Morgan fingerprint density at radius 3 is 2.52 bits per heavy atom. The Bertz CT molecular complexity index is 655. The molecule has 164 valence electrons. The van der Waals surface area contributed by atoms with Crippen LogP contribution in [0.4, 0.5) is 0 Å². The lowest BCUT2D eigenvalue weighted by molar-refractivity contribution is -0.156. The normalized spacial score (nSPS) is 25.0. The number of esters is 1. The van der Waals surface area contributed by atoms with Gasteiger partial charge >= 0.3 is 5.97 Å². The van der Waals surface area contributed by atoms with Crippen LogP contribution in [0.2, 0.25) is 0 Å². The maximum atomic E-state index is 13.0. The summed E-state index contributed by atoms with van der Waals surface area (Å²) in [4.78, 5) is 25.5. The Morgan fingerprint density at radius 2 is 1.93 bits per heavy atom. The summed E-state index contributed by atoms with van der Waals surface area (Å²) < 4.78 is 5.21. The summed E-state index contributed by atoms with van der Waals surface area (Å²) in [6, 6.07) is 9.20. The number of carbonyl (C=O) groups is 2. The maximum absolute atomic E-state index is 13.0. The number of benzene rings is 1. The standard InChI is InChI=1S/C22H34N2O4.ClH/c1-15(2)19-10-9-16(3)13-22(19,27)21(26)24-14-18(20(25)28-12-11-23)17-7-5-4-6-8-17;/h4-8,15-16,18-19,27H,9-14,23H2,1-3H3,(H,24,26);1H/t16-,18?,19+,22+;/m1./s1. The van der Waals surface area contributed by atoms with Crippen LogP contribution in [0.15, 0.2) is 30.3 Å². The highest BCUT2D eigenvalue weighted by atomic mass is 35.5. The SMILES string of the molecule is CC(C)[C@@H]1CC[C@@H](C)C[C@@]1(O)C(=O)NCC(C(=O)OCCN)c1ccccc1.Cl. The maximum Gasteiger partial charge on any atom is 0.315 e. The second-order valence-corrected chi connectivity index (χ2v) is 8.29. The van der Waals surface area contributed by atoms with E-state index in [0.717, 1.165) is 18.4 Å². The Labute approximate surface area is 180 Å². The van der Waals surface area contributed by atoms with Crippen molar-refractivity contribution in [1.29, 1.82) is 0 Å². The molecule has 1 aliphatic carbocycles. The van der Waals surface area contributed by atoms with Crippen molar-refractivity contribution in [3.63, 3.8) is 0 Å². The molecule has 7 heteroatoms. The monoisotopic (exact) mass is 426 g/mol. The van der Waals surface area contributed by atoms with Crippen LogP contribution >= 0.6 is 12.4 Å². The minimum atomic E-state index is -1.41. The number of halogens is 1. The van der Waals surface area contributed by atoms with E-state index in [0.29, 0.717) is 6.42 Å². The van der Waals surface area contributed by atoms with Crippen LogP contribution in [0.3, 0.4) is 0 Å². The van der Waals surface area contributed by atoms with Gasteiger partial charge in [-0.15, -0.1) is 12.4 Å². The summed E-state index contributed by atoms with van der Waals surface area (Å²) in [5.41, 5.74) is 4.78.